The first kappa shape index (κ1) is 15.5. The van der Waals surface area contributed by atoms with Crippen LogP contribution >= 0.6 is 0 Å². The van der Waals surface area contributed by atoms with Gasteiger partial charge >= 0.3 is 0 Å². The molecule has 0 spiro atoms. The van der Waals surface area contributed by atoms with Crippen molar-refractivity contribution in [1.82, 2.24) is 10.8 Å². The first-order valence-corrected chi connectivity index (χ1v) is 5.89. The van der Waals surface area contributed by atoms with Crippen molar-refractivity contribution in [3.63, 3.8) is 0 Å². The van der Waals surface area contributed by atoms with Crippen molar-refractivity contribution in [2.45, 2.75) is 39.5 Å². The number of allylic oxidation sites excluding steroid dienone is 1. The lowest BCUT2D eigenvalue weighted by molar-refractivity contribution is -0.131. The lowest BCUT2D eigenvalue weighted by atomic mass is 10.2. The summed E-state index contributed by atoms with van der Waals surface area (Å²) in [5.41, 5.74) is 2.36. The Bertz CT molecular complexity index is 252. The lowest BCUT2D eigenvalue weighted by Crippen LogP contribution is -2.24. The summed E-state index contributed by atoms with van der Waals surface area (Å²) < 4.78 is 0. The molecule has 0 rings (SSSR count). The Morgan fingerprint density at radius 2 is 2.06 bits per heavy atom. The number of nitrogens with one attached hydrogen (secondary N) is 2. The van der Waals surface area contributed by atoms with Crippen molar-refractivity contribution < 1.29 is 14.4 Å². The molecule has 98 valence electrons. The van der Waals surface area contributed by atoms with Gasteiger partial charge in [-0.2, -0.15) is 5.48 Å². The molecule has 2 N–H and O–H groups in total. The van der Waals surface area contributed by atoms with E-state index in [0.29, 0.717) is 25.1 Å². The van der Waals surface area contributed by atoms with E-state index >= 15 is 0 Å². The van der Waals surface area contributed by atoms with E-state index in [-0.39, 0.29) is 11.8 Å². The number of hydrogen-bond donors (Lipinski definition) is 2. The Morgan fingerprint density at radius 1 is 1.35 bits per heavy atom. The summed E-state index contributed by atoms with van der Waals surface area (Å²) in [6, 6.07) is 0. The minimum atomic E-state index is -0.143. The Kier molecular flexibility index (Phi) is 8.82. The predicted octanol–water partition coefficient (Wildman–Crippen LogP) is 1.51. The van der Waals surface area contributed by atoms with Crippen LogP contribution in [0.4, 0.5) is 0 Å². The lowest BCUT2D eigenvalue weighted by Gasteiger charge is -2.11. The van der Waals surface area contributed by atoms with Crippen LogP contribution in [0.15, 0.2) is 12.3 Å². The molecule has 0 aliphatic rings. The van der Waals surface area contributed by atoms with Crippen molar-refractivity contribution in [2.24, 2.45) is 5.92 Å². The smallest absolute Gasteiger partial charge is 0.252 e. The van der Waals surface area contributed by atoms with Crippen LogP contribution in [0.25, 0.3) is 0 Å². The molecule has 0 saturated heterocycles. The standard InChI is InChI=1S/C12H22N2O3/c1-10(2)11(3)17-14-12(16)7-5-4-6-8-13-9-15/h9-10H,3-8H2,1-2H3,(H,13,15)(H,14,16). The van der Waals surface area contributed by atoms with Crippen LogP contribution < -0.4 is 10.8 Å². The molecule has 0 fully saturated rings. The molecule has 0 aliphatic carbocycles. The maximum absolute atomic E-state index is 11.3. The topological polar surface area (TPSA) is 67.4 Å². The zero-order valence-electron chi connectivity index (χ0n) is 10.6. The van der Waals surface area contributed by atoms with E-state index in [1.807, 2.05) is 13.8 Å². The zero-order chi connectivity index (χ0) is 13.1. The first-order chi connectivity index (χ1) is 8.07. The minimum Gasteiger partial charge on any atom is -0.384 e. The molecule has 0 atom stereocenters. The summed E-state index contributed by atoms with van der Waals surface area (Å²) in [7, 11) is 0. The maximum atomic E-state index is 11.3. The molecule has 17 heavy (non-hydrogen) atoms. The summed E-state index contributed by atoms with van der Waals surface area (Å²) >= 11 is 0. The Labute approximate surface area is 103 Å². The van der Waals surface area contributed by atoms with Crippen LogP contribution in [-0.4, -0.2) is 18.9 Å². The molecule has 0 aromatic carbocycles. The van der Waals surface area contributed by atoms with Gasteiger partial charge in [-0.05, 0) is 12.8 Å². The summed E-state index contributed by atoms with van der Waals surface area (Å²) in [6.07, 6.45) is 3.67. The molecule has 0 heterocycles. The van der Waals surface area contributed by atoms with Crippen molar-refractivity contribution >= 4 is 12.3 Å². The van der Waals surface area contributed by atoms with Gasteiger partial charge in [-0.1, -0.05) is 26.8 Å². The second-order valence-corrected chi connectivity index (χ2v) is 4.13. The molecule has 0 radical (unpaired) electrons. The third kappa shape index (κ3) is 9.41. The Balaban J connectivity index is 3.41. The Morgan fingerprint density at radius 3 is 2.65 bits per heavy atom. The fraction of sp³-hybridized carbons (Fsp3) is 0.667. The number of carbonyl (C=O) groups is 2. The highest BCUT2D eigenvalue weighted by molar-refractivity contribution is 5.74. The van der Waals surface area contributed by atoms with Gasteiger partial charge in [-0.3, -0.25) is 9.59 Å². The van der Waals surface area contributed by atoms with Gasteiger partial charge in [-0.15, -0.1) is 0 Å². The van der Waals surface area contributed by atoms with Gasteiger partial charge in [-0.25, -0.2) is 0 Å². The van der Waals surface area contributed by atoms with Gasteiger partial charge in [0.15, 0.2) is 0 Å². The van der Waals surface area contributed by atoms with E-state index in [2.05, 4.69) is 17.4 Å². The Hall–Kier alpha value is -1.52. The number of carbonyl (C=O) groups excluding carboxylic acids is 2. The molecule has 0 aromatic heterocycles. The van der Waals surface area contributed by atoms with E-state index in [0.717, 1.165) is 19.3 Å². The van der Waals surface area contributed by atoms with Gasteiger partial charge in [0.05, 0.1) is 0 Å². The highest BCUT2D eigenvalue weighted by atomic mass is 16.7. The fourth-order valence-electron chi connectivity index (χ4n) is 1.04. The second kappa shape index (κ2) is 9.69. The van der Waals surface area contributed by atoms with Gasteiger partial charge in [0.1, 0.15) is 5.76 Å². The third-order valence-corrected chi connectivity index (χ3v) is 2.25. The average molecular weight is 242 g/mol. The van der Waals surface area contributed by atoms with Crippen LogP contribution in [0.5, 0.6) is 0 Å². The first-order valence-electron chi connectivity index (χ1n) is 5.89. The van der Waals surface area contributed by atoms with Gasteiger partial charge < -0.3 is 10.2 Å². The molecule has 0 bridgehead atoms. The predicted molar refractivity (Wildman–Crippen MR) is 65.7 cm³/mol. The van der Waals surface area contributed by atoms with Gasteiger partial charge in [0, 0.05) is 18.9 Å². The SMILES string of the molecule is C=C(ONC(=O)CCCCCNC=O)C(C)C. The zero-order valence-corrected chi connectivity index (χ0v) is 10.6. The maximum Gasteiger partial charge on any atom is 0.252 e. The van der Waals surface area contributed by atoms with Crippen LogP contribution in [0.3, 0.4) is 0 Å². The second-order valence-electron chi connectivity index (χ2n) is 4.13. The highest BCUT2D eigenvalue weighted by Crippen LogP contribution is 2.06. The largest absolute Gasteiger partial charge is 0.384 e. The van der Waals surface area contributed by atoms with Crippen molar-refractivity contribution in [3.05, 3.63) is 12.3 Å². The number of hydroxylamine groups is 1. The molecule has 0 aliphatic heterocycles. The van der Waals surface area contributed by atoms with E-state index in [4.69, 9.17) is 4.84 Å². The van der Waals surface area contributed by atoms with Crippen molar-refractivity contribution in [2.75, 3.05) is 6.54 Å². The molecule has 0 aromatic rings. The minimum absolute atomic E-state index is 0.143. The van der Waals surface area contributed by atoms with Crippen LogP contribution in [0.1, 0.15) is 39.5 Å². The molecular formula is C12H22N2O3. The van der Waals surface area contributed by atoms with Crippen LogP contribution in [0.2, 0.25) is 0 Å². The number of rotatable bonds is 10. The number of unbranched alkanes of at least 4 members (excludes halogenated alkanes) is 2. The molecule has 5 nitrogen and oxygen atoms in total. The van der Waals surface area contributed by atoms with E-state index in [9.17, 15) is 9.59 Å². The van der Waals surface area contributed by atoms with Crippen molar-refractivity contribution in [3.8, 4) is 0 Å². The molecule has 5 heteroatoms. The summed E-state index contributed by atoms with van der Waals surface area (Å²) in [5, 5.41) is 2.57. The molecular weight excluding hydrogens is 220 g/mol. The summed E-state index contributed by atoms with van der Waals surface area (Å²) in [5.74, 6) is 0.591. The summed E-state index contributed by atoms with van der Waals surface area (Å²) in [4.78, 5) is 26.3. The molecule has 0 saturated carbocycles. The highest BCUT2D eigenvalue weighted by Gasteiger charge is 2.05. The van der Waals surface area contributed by atoms with Crippen LogP contribution in [-0.2, 0) is 14.4 Å². The number of amides is 2. The fourth-order valence-corrected chi connectivity index (χ4v) is 1.04. The number of hydrogen-bond acceptors (Lipinski definition) is 3. The van der Waals surface area contributed by atoms with E-state index < -0.39 is 0 Å². The average Bonchev–Trinajstić information content (AvgIpc) is 2.30. The van der Waals surface area contributed by atoms with Gasteiger partial charge in [0.25, 0.3) is 5.91 Å². The monoisotopic (exact) mass is 242 g/mol. The normalized spacial score (nSPS) is 9.82. The van der Waals surface area contributed by atoms with E-state index in [1.54, 1.807) is 0 Å². The quantitative estimate of drug-likeness (QED) is 0.264. The van der Waals surface area contributed by atoms with Crippen molar-refractivity contribution in [1.29, 1.82) is 0 Å². The molecule has 0 unspecified atom stereocenters. The summed E-state index contributed by atoms with van der Waals surface area (Å²) in [6.45, 7) is 8.21. The van der Waals surface area contributed by atoms with E-state index in [1.165, 1.54) is 0 Å². The van der Waals surface area contributed by atoms with Crippen LogP contribution in [0, 0.1) is 5.92 Å². The molecule has 2 amide bonds. The van der Waals surface area contributed by atoms with Gasteiger partial charge in [0.2, 0.25) is 6.41 Å². The third-order valence-electron chi connectivity index (χ3n) is 2.25.